The quantitative estimate of drug-likeness (QED) is 0.117. The molecule has 8 nitrogen and oxygen atoms in total. The number of rotatable bonds is 7. The molecule has 0 spiro atoms. The zero-order valence-corrected chi connectivity index (χ0v) is 20.6. The van der Waals surface area contributed by atoms with Crippen molar-refractivity contribution < 1.29 is 18.9 Å². The number of nitrogens with one attached hydrogen (secondary N) is 1. The van der Waals surface area contributed by atoms with E-state index in [9.17, 15) is 14.9 Å². The molecular weight excluding hydrogens is 605 g/mol. The molecule has 1 heterocycles. The summed E-state index contributed by atoms with van der Waals surface area (Å²) in [5.41, 5.74) is 4.38. The van der Waals surface area contributed by atoms with E-state index >= 15 is 0 Å². The first-order valence-corrected chi connectivity index (χ1v) is 11.4. The summed E-state index contributed by atoms with van der Waals surface area (Å²) in [7, 11) is 0. The van der Waals surface area contributed by atoms with Gasteiger partial charge in [-0.05, 0) is 58.5 Å². The molecule has 0 saturated heterocycles. The number of non-ortho nitro benzene ring substituents is 1. The summed E-state index contributed by atoms with van der Waals surface area (Å²) in [6, 6.07) is 18.8. The summed E-state index contributed by atoms with van der Waals surface area (Å²) in [4.78, 5) is 23.0. The average Bonchev–Trinajstić information content (AvgIpc) is 3.23. The molecule has 1 amide bonds. The van der Waals surface area contributed by atoms with E-state index in [1.807, 2.05) is 18.2 Å². The molecule has 0 bridgehead atoms. The van der Waals surface area contributed by atoms with E-state index in [1.54, 1.807) is 36.4 Å². The molecule has 0 aliphatic carbocycles. The molecule has 0 aliphatic rings. The lowest BCUT2D eigenvalue weighted by Gasteiger charge is -2.09. The van der Waals surface area contributed by atoms with E-state index in [2.05, 4.69) is 49.0 Å². The number of amides is 1. The van der Waals surface area contributed by atoms with Gasteiger partial charge in [-0.25, -0.2) is 5.43 Å². The molecule has 0 atom stereocenters. The summed E-state index contributed by atoms with van der Waals surface area (Å²) >= 11 is 5.57. The van der Waals surface area contributed by atoms with Gasteiger partial charge in [0.1, 0.15) is 17.9 Å². The number of para-hydroxylation sites is 1. The smallest absolute Gasteiger partial charge is 0.307 e. The molecule has 10 heteroatoms. The number of carbonyl (C=O) groups excluding carboxylic acids is 1. The van der Waals surface area contributed by atoms with Gasteiger partial charge in [-0.3, -0.25) is 14.9 Å². The fourth-order valence-electron chi connectivity index (χ4n) is 3.04. The molecule has 1 N–H and O–H groups in total. The fourth-order valence-corrected chi connectivity index (χ4v) is 4.70. The number of nitro groups is 1. The molecule has 166 valence electrons. The minimum Gasteiger partial charge on any atom is -0.488 e. The second-order valence-corrected chi connectivity index (χ2v) is 8.95. The predicted octanol–water partition coefficient (Wildman–Crippen LogP) is 6.05. The van der Waals surface area contributed by atoms with Gasteiger partial charge in [0, 0.05) is 27.6 Å². The Morgan fingerprint density at radius 3 is 2.82 bits per heavy atom. The van der Waals surface area contributed by atoms with Gasteiger partial charge in [-0.2, -0.15) is 5.10 Å². The molecule has 0 unspecified atom stereocenters. The zero-order valence-electron chi connectivity index (χ0n) is 16.8. The topological polar surface area (TPSA) is 107 Å². The van der Waals surface area contributed by atoms with Crippen molar-refractivity contribution in [1.82, 2.24) is 5.43 Å². The highest BCUT2D eigenvalue weighted by atomic mass is 127. The minimum atomic E-state index is -0.482. The van der Waals surface area contributed by atoms with Crippen molar-refractivity contribution >= 4 is 67.3 Å². The second-order valence-electron chi connectivity index (χ2n) is 6.87. The molecule has 4 rings (SSSR count). The Hall–Kier alpha value is -3.25. The lowest BCUT2D eigenvalue weighted by atomic mass is 10.2. The summed E-state index contributed by atoms with van der Waals surface area (Å²) in [5, 5.41) is 15.8. The number of fused-ring (bicyclic) bond motifs is 1. The standard InChI is InChI=1S/C23H15BrIN3O5/c24-17-9-16-10-21(33-22(16)19(25)11-17)23(29)27-26-12-15-5-1-2-7-20(15)32-13-14-4-3-6-18(8-14)28(30)31/h1-12H,13H2,(H,27,29)/b26-12-. The van der Waals surface area contributed by atoms with Gasteiger partial charge < -0.3 is 9.15 Å². The van der Waals surface area contributed by atoms with Crippen LogP contribution in [0.1, 0.15) is 21.7 Å². The van der Waals surface area contributed by atoms with Crippen LogP contribution in [0.5, 0.6) is 5.75 Å². The highest BCUT2D eigenvalue weighted by Gasteiger charge is 2.14. The molecular formula is C23H15BrIN3O5. The van der Waals surface area contributed by atoms with Gasteiger partial charge in [0.05, 0.1) is 14.7 Å². The van der Waals surface area contributed by atoms with Gasteiger partial charge in [-0.1, -0.05) is 40.2 Å². The summed E-state index contributed by atoms with van der Waals surface area (Å²) in [5.74, 6) is 0.183. The highest BCUT2D eigenvalue weighted by Crippen LogP contribution is 2.28. The van der Waals surface area contributed by atoms with E-state index in [4.69, 9.17) is 9.15 Å². The van der Waals surface area contributed by atoms with Crippen LogP contribution in [0.2, 0.25) is 0 Å². The van der Waals surface area contributed by atoms with Crippen LogP contribution in [0.25, 0.3) is 11.0 Å². The molecule has 0 saturated carbocycles. The first-order chi connectivity index (χ1) is 15.9. The number of ether oxygens (including phenoxy) is 1. The Balaban J connectivity index is 1.44. The van der Waals surface area contributed by atoms with Gasteiger partial charge in [0.25, 0.3) is 5.69 Å². The number of halogens is 2. The molecule has 0 aliphatic heterocycles. The fraction of sp³-hybridized carbons (Fsp3) is 0.0435. The van der Waals surface area contributed by atoms with Crippen LogP contribution < -0.4 is 10.2 Å². The van der Waals surface area contributed by atoms with Gasteiger partial charge >= 0.3 is 5.91 Å². The first-order valence-electron chi connectivity index (χ1n) is 9.58. The van der Waals surface area contributed by atoms with E-state index in [1.165, 1.54) is 18.3 Å². The van der Waals surface area contributed by atoms with Crippen molar-refractivity contribution in [3.63, 3.8) is 0 Å². The largest absolute Gasteiger partial charge is 0.488 e. The van der Waals surface area contributed by atoms with Crippen molar-refractivity contribution in [2.24, 2.45) is 5.10 Å². The van der Waals surface area contributed by atoms with Crippen LogP contribution in [0.15, 0.2) is 80.7 Å². The van der Waals surface area contributed by atoms with E-state index in [0.717, 1.165) is 13.4 Å². The van der Waals surface area contributed by atoms with Gasteiger partial charge in [0.15, 0.2) is 5.76 Å². The van der Waals surface area contributed by atoms with Crippen LogP contribution in [-0.4, -0.2) is 17.0 Å². The summed E-state index contributed by atoms with van der Waals surface area (Å²) in [6.07, 6.45) is 1.46. The number of hydrogen-bond acceptors (Lipinski definition) is 6. The number of nitro benzene ring substituents is 1. The van der Waals surface area contributed by atoms with Crippen molar-refractivity contribution in [3.8, 4) is 5.75 Å². The van der Waals surface area contributed by atoms with E-state index in [0.29, 0.717) is 22.5 Å². The van der Waals surface area contributed by atoms with Crippen molar-refractivity contribution in [2.45, 2.75) is 6.61 Å². The Labute approximate surface area is 210 Å². The third-order valence-electron chi connectivity index (χ3n) is 4.56. The van der Waals surface area contributed by atoms with Crippen LogP contribution in [-0.2, 0) is 6.61 Å². The number of nitrogens with zero attached hydrogens (tertiary/aromatic N) is 2. The van der Waals surface area contributed by atoms with Gasteiger partial charge in [0.2, 0.25) is 0 Å². The van der Waals surface area contributed by atoms with Crippen LogP contribution >= 0.6 is 38.5 Å². The Morgan fingerprint density at radius 2 is 2.00 bits per heavy atom. The zero-order chi connectivity index (χ0) is 23.4. The van der Waals surface area contributed by atoms with Gasteiger partial charge in [-0.15, -0.1) is 0 Å². The van der Waals surface area contributed by atoms with E-state index in [-0.39, 0.29) is 18.1 Å². The predicted molar refractivity (Wildman–Crippen MR) is 136 cm³/mol. The third kappa shape index (κ3) is 5.57. The van der Waals surface area contributed by atoms with Crippen LogP contribution in [0.3, 0.4) is 0 Å². The van der Waals surface area contributed by atoms with Crippen molar-refractivity contribution in [1.29, 1.82) is 0 Å². The Morgan fingerprint density at radius 1 is 1.18 bits per heavy atom. The maximum Gasteiger partial charge on any atom is 0.307 e. The normalized spacial score (nSPS) is 11.1. The van der Waals surface area contributed by atoms with E-state index < -0.39 is 10.8 Å². The molecule has 0 fully saturated rings. The molecule has 4 aromatic rings. The maximum absolute atomic E-state index is 12.5. The minimum absolute atomic E-state index is 0.00120. The SMILES string of the molecule is O=C(N/N=C\c1ccccc1OCc1cccc([N+](=O)[O-])c1)c1cc2cc(Br)cc(I)c2o1. The molecule has 3 aromatic carbocycles. The highest BCUT2D eigenvalue weighted by molar-refractivity contribution is 14.1. The first kappa shape index (κ1) is 22.9. The lowest BCUT2D eigenvalue weighted by Crippen LogP contribution is -2.16. The molecule has 1 aromatic heterocycles. The van der Waals surface area contributed by atoms with Crippen molar-refractivity contribution in [2.75, 3.05) is 0 Å². The monoisotopic (exact) mass is 619 g/mol. The summed E-state index contributed by atoms with van der Waals surface area (Å²) in [6.45, 7) is 0.145. The molecule has 0 radical (unpaired) electrons. The Kier molecular flexibility index (Phi) is 7.04. The number of benzene rings is 3. The number of hydrogen-bond donors (Lipinski definition) is 1. The molecule has 33 heavy (non-hydrogen) atoms. The number of hydrazone groups is 1. The average molecular weight is 620 g/mol. The van der Waals surface area contributed by atoms with Crippen LogP contribution in [0.4, 0.5) is 5.69 Å². The number of carbonyl (C=O) groups is 1. The number of furan rings is 1. The lowest BCUT2D eigenvalue weighted by molar-refractivity contribution is -0.384. The summed E-state index contributed by atoms with van der Waals surface area (Å²) < 4.78 is 13.3. The van der Waals surface area contributed by atoms with Crippen molar-refractivity contribution in [3.05, 3.63) is 102 Å². The third-order valence-corrected chi connectivity index (χ3v) is 5.82. The second kappa shape index (κ2) is 10.1. The maximum atomic E-state index is 12.5. The Bertz CT molecular complexity index is 1390. The van der Waals surface area contributed by atoms with Crippen LogP contribution in [0, 0.1) is 13.7 Å².